The van der Waals surface area contributed by atoms with E-state index in [0.29, 0.717) is 16.5 Å². The van der Waals surface area contributed by atoms with E-state index in [-0.39, 0.29) is 28.4 Å². The predicted molar refractivity (Wildman–Crippen MR) is 88.9 cm³/mol. The Morgan fingerprint density at radius 2 is 1.76 bits per heavy atom. The number of halogens is 4. The van der Waals surface area contributed by atoms with Crippen LogP contribution in [0.4, 0.5) is 0 Å². The molecule has 3 N–H and O–H groups in total. The molecule has 0 radical (unpaired) electrons. The number of hydrogen-bond acceptors (Lipinski definition) is 2. The van der Waals surface area contributed by atoms with Crippen molar-refractivity contribution in [3.05, 3.63) is 31.7 Å². The van der Waals surface area contributed by atoms with Gasteiger partial charge >= 0.3 is 5.97 Å². The zero-order valence-electron chi connectivity index (χ0n) is 11.7. The van der Waals surface area contributed by atoms with Gasteiger partial charge in [0.25, 0.3) is 0 Å². The molecule has 1 aromatic rings. The molecule has 1 aromatic carbocycles. The summed E-state index contributed by atoms with van der Waals surface area (Å²) in [5, 5.41) is 10.2. The molecule has 0 aromatic heterocycles. The van der Waals surface area contributed by atoms with Crippen molar-refractivity contribution in [3.8, 4) is 0 Å². The number of benzene rings is 1. The second-order valence-corrected chi connectivity index (χ2v) is 6.70. The minimum atomic E-state index is -0.894. The van der Waals surface area contributed by atoms with Crippen molar-refractivity contribution < 1.29 is 9.90 Å². The lowest BCUT2D eigenvalue weighted by atomic mass is 9.82. The Morgan fingerprint density at radius 3 is 2.24 bits per heavy atom. The smallest absolute Gasteiger partial charge is 0.307 e. The normalized spacial score (nSPS) is 15.6. The first-order valence-corrected chi connectivity index (χ1v) is 7.97. The maximum Gasteiger partial charge on any atom is 0.307 e. The van der Waals surface area contributed by atoms with Gasteiger partial charge in [-0.3, -0.25) is 4.79 Å². The molecular weight excluding hydrogens is 356 g/mol. The van der Waals surface area contributed by atoms with Gasteiger partial charge in [0.2, 0.25) is 0 Å². The Hall–Kier alpha value is -0.190. The molecule has 0 fully saturated rings. The van der Waals surface area contributed by atoms with Crippen molar-refractivity contribution in [1.82, 2.24) is 0 Å². The van der Waals surface area contributed by atoms with Crippen LogP contribution in [0, 0.1) is 11.8 Å². The van der Waals surface area contributed by atoms with Crippen LogP contribution in [0.5, 0.6) is 0 Å². The monoisotopic (exact) mass is 371 g/mol. The molecule has 21 heavy (non-hydrogen) atoms. The van der Waals surface area contributed by atoms with E-state index >= 15 is 0 Å². The fourth-order valence-corrected chi connectivity index (χ4v) is 3.17. The SMILES string of the molecule is CC(CC(CN)C(=O)O)C(C)c1cc(Cl)c(Cl)c(Cl)c1Cl. The number of nitrogens with two attached hydrogens (primary N) is 1. The lowest BCUT2D eigenvalue weighted by Gasteiger charge is -2.24. The second-order valence-electron chi connectivity index (χ2n) is 5.16. The molecule has 3 atom stereocenters. The summed E-state index contributed by atoms with van der Waals surface area (Å²) in [4.78, 5) is 11.1. The van der Waals surface area contributed by atoms with Gasteiger partial charge in [-0.05, 0) is 29.9 Å². The third-order valence-corrected chi connectivity index (χ3v) is 5.53. The third kappa shape index (κ3) is 4.40. The minimum Gasteiger partial charge on any atom is -0.481 e. The van der Waals surface area contributed by atoms with Crippen molar-refractivity contribution in [2.75, 3.05) is 6.54 Å². The first-order chi connectivity index (χ1) is 9.70. The van der Waals surface area contributed by atoms with Gasteiger partial charge in [0.15, 0.2) is 0 Å². The Labute approximate surface area is 144 Å². The molecule has 0 bridgehead atoms. The highest BCUT2D eigenvalue weighted by Gasteiger charge is 2.26. The van der Waals surface area contributed by atoms with Gasteiger partial charge in [-0.2, -0.15) is 0 Å². The molecule has 0 aliphatic rings. The average Bonchev–Trinajstić information content (AvgIpc) is 2.44. The number of hydrogen-bond donors (Lipinski definition) is 2. The van der Waals surface area contributed by atoms with Crippen LogP contribution in [-0.4, -0.2) is 17.6 Å². The molecular formula is C14H17Cl4NO2. The number of rotatable bonds is 6. The fourth-order valence-electron chi connectivity index (χ4n) is 2.18. The lowest BCUT2D eigenvalue weighted by Crippen LogP contribution is -2.26. The van der Waals surface area contributed by atoms with Gasteiger partial charge < -0.3 is 10.8 Å². The highest BCUT2D eigenvalue weighted by Crippen LogP contribution is 2.43. The van der Waals surface area contributed by atoms with Crippen LogP contribution in [-0.2, 0) is 4.79 Å². The quantitative estimate of drug-likeness (QED) is 0.539. The van der Waals surface area contributed by atoms with Gasteiger partial charge in [-0.1, -0.05) is 60.3 Å². The number of carboxylic acids is 1. The van der Waals surface area contributed by atoms with E-state index in [1.165, 1.54) is 0 Å². The predicted octanol–water partition coefficient (Wildman–Crippen LogP) is 5.09. The molecule has 1 rings (SSSR count). The van der Waals surface area contributed by atoms with Crippen LogP contribution < -0.4 is 5.73 Å². The minimum absolute atomic E-state index is 0.0295. The zero-order chi connectivity index (χ0) is 16.3. The van der Waals surface area contributed by atoms with Crippen molar-refractivity contribution in [1.29, 1.82) is 0 Å². The first kappa shape index (κ1) is 18.9. The second kappa shape index (κ2) is 7.89. The zero-order valence-corrected chi connectivity index (χ0v) is 14.7. The van der Waals surface area contributed by atoms with Crippen LogP contribution in [0.3, 0.4) is 0 Å². The maximum absolute atomic E-state index is 11.1. The van der Waals surface area contributed by atoms with E-state index in [4.69, 9.17) is 57.2 Å². The van der Waals surface area contributed by atoms with E-state index in [2.05, 4.69) is 0 Å². The van der Waals surface area contributed by atoms with E-state index in [1.807, 2.05) is 13.8 Å². The molecule has 0 saturated carbocycles. The van der Waals surface area contributed by atoms with Crippen molar-refractivity contribution in [3.63, 3.8) is 0 Å². The number of aliphatic carboxylic acids is 1. The molecule has 0 aliphatic carbocycles. The summed E-state index contributed by atoms with van der Waals surface area (Å²) in [5.74, 6) is -1.46. The Morgan fingerprint density at radius 1 is 1.19 bits per heavy atom. The third-order valence-electron chi connectivity index (χ3n) is 3.76. The summed E-state index contributed by atoms with van der Waals surface area (Å²) in [6.07, 6.45) is 0.446. The van der Waals surface area contributed by atoms with E-state index in [0.717, 1.165) is 5.56 Å². The maximum atomic E-state index is 11.1. The fraction of sp³-hybridized carbons (Fsp3) is 0.500. The molecule has 0 amide bonds. The molecule has 3 nitrogen and oxygen atoms in total. The number of carboxylic acid groups (broad SMARTS) is 1. The highest BCUT2D eigenvalue weighted by atomic mass is 35.5. The van der Waals surface area contributed by atoms with Crippen molar-refractivity contribution >= 4 is 52.4 Å². The van der Waals surface area contributed by atoms with Crippen LogP contribution >= 0.6 is 46.4 Å². The summed E-state index contributed by atoms with van der Waals surface area (Å²) >= 11 is 24.3. The topological polar surface area (TPSA) is 63.3 Å². The molecule has 7 heteroatoms. The molecule has 0 saturated heterocycles. The summed E-state index contributed by atoms with van der Waals surface area (Å²) < 4.78 is 0. The van der Waals surface area contributed by atoms with Gasteiger partial charge in [-0.15, -0.1) is 0 Å². The first-order valence-electron chi connectivity index (χ1n) is 6.46. The molecule has 118 valence electrons. The molecule has 0 heterocycles. The van der Waals surface area contributed by atoms with Crippen molar-refractivity contribution in [2.45, 2.75) is 26.2 Å². The van der Waals surface area contributed by atoms with E-state index in [9.17, 15) is 4.79 Å². The largest absolute Gasteiger partial charge is 0.481 e. The number of carbonyl (C=O) groups is 1. The van der Waals surface area contributed by atoms with Gasteiger partial charge in [0.05, 0.1) is 26.0 Å². The molecule has 3 unspecified atom stereocenters. The standard InChI is InChI=1S/C14H17Cl4NO2/c1-6(3-8(5-19)14(20)21)7(2)9-4-10(15)12(17)13(18)11(9)16/h4,6-8H,3,5,19H2,1-2H3,(H,20,21). The van der Waals surface area contributed by atoms with Gasteiger partial charge in [0.1, 0.15) is 0 Å². The van der Waals surface area contributed by atoms with Crippen LogP contribution in [0.1, 0.15) is 31.7 Å². The summed E-state index contributed by atoms with van der Waals surface area (Å²) in [6, 6.07) is 1.68. The van der Waals surface area contributed by atoms with Gasteiger partial charge in [-0.25, -0.2) is 0 Å². The summed E-state index contributed by atoms with van der Waals surface area (Å²) in [7, 11) is 0. The van der Waals surface area contributed by atoms with E-state index in [1.54, 1.807) is 6.07 Å². The Balaban J connectivity index is 3.03. The summed E-state index contributed by atoms with van der Waals surface area (Å²) in [6.45, 7) is 3.99. The highest BCUT2D eigenvalue weighted by molar-refractivity contribution is 6.52. The van der Waals surface area contributed by atoms with Crippen molar-refractivity contribution in [2.24, 2.45) is 17.6 Å². The van der Waals surface area contributed by atoms with Gasteiger partial charge in [0, 0.05) is 6.54 Å². The molecule has 0 spiro atoms. The molecule has 0 aliphatic heterocycles. The lowest BCUT2D eigenvalue weighted by molar-refractivity contribution is -0.142. The average molecular weight is 373 g/mol. The van der Waals surface area contributed by atoms with Crippen LogP contribution in [0.15, 0.2) is 6.07 Å². The van der Waals surface area contributed by atoms with Crippen LogP contribution in [0.25, 0.3) is 0 Å². The van der Waals surface area contributed by atoms with E-state index < -0.39 is 11.9 Å². The Bertz CT molecular complexity index is 536. The van der Waals surface area contributed by atoms with Crippen LogP contribution in [0.2, 0.25) is 20.1 Å². The summed E-state index contributed by atoms with van der Waals surface area (Å²) in [5.41, 5.74) is 6.25. The Kier molecular flexibility index (Phi) is 7.08.